The van der Waals surface area contributed by atoms with E-state index in [0.717, 1.165) is 33.9 Å². The van der Waals surface area contributed by atoms with E-state index in [9.17, 15) is 4.79 Å². The molecule has 1 heterocycles. The highest BCUT2D eigenvalue weighted by Gasteiger charge is 2.38. The molecule has 0 spiro atoms. The van der Waals surface area contributed by atoms with E-state index >= 15 is 0 Å². The van der Waals surface area contributed by atoms with Gasteiger partial charge in [0.15, 0.2) is 0 Å². The molecule has 0 unspecified atom stereocenters. The molecule has 0 saturated heterocycles. The molecule has 0 radical (unpaired) electrons. The molecule has 4 rings (SSSR count). The van der Waals surface area contributed by atoms with Crippen molar-refractivity contribution in [2.45, 2.75) is 19.3 Å². The first-order chi connectivity index (χ1) is 12.9. The lowest BCUT2D eigenvalue weighted by Gasteiger charge is -2.40. The topological polar surface area (TPSA) is 32.3 Å². The lowest BCUT2D eigenvalue weighted by atomic mass is 9.73. The molecule has 0 saturated carbocycles. The number of hydrogen-bond donors (Lipinski definition) is 1. The maximum atomic E-state index is 12.3. The summed E-state index contributed by atoms with van der Waals surface area (Å²) >= 11 is 12.2. The maximum Gasteiger partial charge on any atom is 0.325 e. The lowest BCUT2D eigenvalue weighted by molar-refractivity contribution is 0.265. The van der Waals surface area contributed by atoms with Gasteiger partial charge in [-0.1, -0.05) is 61.8 Å². The normalized spacial score (nSPS) is 14.3. The van der Waals surface area contributed by atoms with Crippen LogP contribution in [0.4, 0.5) is 27.5 Å². The smallest absolute Gasteiger partial charge is 0.325 e. The molecule has 27 heavy (non-hydrogen) atoms. The number of anilines is 4. The standard InChI is InChI=1S/C22H18Cl2N2O/c1-22(2)15-7-3-6-10-19(15)26(21(24)27)20-13-14(11-12-16(20)22)25-18-9-5-4-8-17(18)23/h3-13,25H,1-2H3. The molecule has 5 heteroatoms. The van der Waals surface area contributed by atoms with Gasteiger partial charge in [0.25, 0.3) is 0 Å². The van der Waals surface area contributed by atoms with Crippen molar-refractivity contribution in [3.63, 3.8) is 0 Å². The van der Waals surface area contributed by atoms with E-state index in [-0.39, 0.29) is 5.41 Å². The number of nitrogens with one attached hydrogen (secondary N) is 1. The van der Waals surface area contributed by atoms with Gasteiger partial charge in [-0.2, -0.15) is 0 Å². The minimum Gasteiger partial charge on any atom is -0.354 e. The predicted octanol–water partition coefficient (Wildman–Crippen LogP) is 7.22. The Kier molecular flexibility index (Phi) is 4.37. The second-order valence-corrected chi connectivity index (χ2v) is 7.80. The van der Waals surface area contributed by atoms with Gasteiger partial charge in [0.1, 0.15) is 0 Å². The largest absolute Gasteiger partial charge is 0.354 e. The molecule has 3 aromatic rings. The van der Waals surface area contributed by atoms with Gasteiger partial charge in [0.2, 0.25) is 0 Å². The van der Waals surface area contributed by atoms with E-state index in [1.165, 1.54) is 0 Å². The van der Waals surface area contributed by atoms with Gasteiger partial charge < -0.3 is 5.32 Å². The molecule has 0 aliphatic carbocycles. The molecule has 0 bridgehead atoms. The van der Waals surface area contributed by atoms with Crippen molar-refractivity contribution in [2.24, 2.45) is 0 Å². The van der Waals surface area contributed by atoms with Crippen LogP contribution >= 0.6 is 23.2 Å². The van der Waals surface area contributed by atoms with Crippen molar-refractivity contribution in [3.8, 4) is 0 Å². The number of amides is 1. The third kappa shape index (κ3) is 2.97. The Morgan fingerprint density at radius 3 is 2.33 bits per heavy atom. The van der Waals surface area contributed by atoms with Crippen molar-refractivity contribution in [1.82, 2.24) is 0 Å². The third-order valence-electron chi connectivity index (χ3n) is 5.06. The molecule has 1 N–H and O–H groups in total. The second kappa shape index (κ2) is 6.59. The Morgan fingerprint density at radius 1 is 0.926 bits per heavy atom. The Balaban J connectivity index is 1.86. The van der Waals surface area contributed by atoms with E-state index < -0.39 is 5.37 Å². The fourth-order valence-corrected chi connectivity index (χ4v) is 4.07. The molecule has 1 aliphatic rings. The van der Waals surface area contributed by atoms with Crippen LogP contribution in [-0.2, 0) is 5.41 Å². The van der Waals surface area contributed by atoms with E-state index in [0.29, 0.717) is 5.02 Å². The van der Waals surface area contributed by atoms with E-state index in [4.69, 9.17) is 23.2 Å². The molecular formula is C22H18Cl2N2O. The number of rotatable bonds is 2. The number of nitrogens with zero attached hydrogens (tertiary/aromatic N) is 1. The second-order valence-electron chi connectivity index (χ2n) is 7.07. The van der Waals surface area contributed by atoms with Crippen molar-refractivity contribution >= 4 is 51.3 Å². The number of para-hydroxylation sites is 2. The van der Waals surface area contributed by atoms with E-state index in [1.54, 1.807) is 4.90 Å². The van der Waals surface area contributed by atoms with Crippen LogP contribution in [0.15, 0.2) is 66.7 Å². The molecular weight excluding hydrogens is 379 g/mol. The Bertz CT molecular complexity index is 1050. The van der Waals surface area contributed by atoms with Crippen molar-refractivity contribution in [3.05, 3.63) is 82.9 Å². The summed E-state index contributed by atoms with van der Waals surface area (Å²) in [6.45, 7) is 4.31. The highest BCUT2D eigenvalue weighted by atomic mass is 35.5. The third-order valence-corrected chi connectivity index (χ3v) is 5.56. The number of carbonyl (C=O) groups excluding carboxylic acids is 1. The van der Waals surface area contributed by atoms with Crippen LogP contribution in [0.3, 0.4) is 0 Å². The molecule has 1 amide bonds. The van der Waals surface area contributed by atoms with Crippen molar-refractivity contribution in [1.29, 1.82) is 0 Å². The zero-order valence-electron chi connectivity index (χ0n) is 15.0. The minimum atomic E-state index is -0.533. The molecule has 136 valence electrons. The Hall–Kier alpha value is -2.49. The lowest BCUT2D eigenvalue weighted by Crippen LogP contribution is -2.34. The SMILES string of the molecule is CC1(C)c2ccccc2N(C(=O)Cl)c2cc(Nc3ccccc3Cl)ccc21. The first-order valence-electron chi connectivity index (χ1n) is 8.65. The summed E-state index contributed by atoms with van der Waals surface area (Å²) in [4.78, 5) is 13.9. The maximum absolute atomic E-state index is 12.3. The molecule has 0 atom stereocenters. The fraction of sp³-hybridized carbons (Fsp3) is 0.136. The summed E-state index contributed by atoms with van der Waals surface area (Å²) in [5, 5.41) is 3.42. The fourth-order valence-electron chi connectivity index (χ4n) is 3.70. The zero-order chi connectivity index (χ0) is 19.2. The molecule has 0 aromatic heterocycles. The highest BCUT2D eigenvalue weighted by molar-refractivity contribution is 6.67. The van der Waals surface area contributed by atoms with Crippen LogP contribution < -0.4 is 10.2 Å². The number of benzene rings is 3. The van der Waals surface area contributed by atoms with Gasteiger partial charge in [0, 0.05) is 11.1 Å². The van der Waals surface area contributed by atoms with E-state index in [1.807, 2.05) is 66.7 Å². The summed E-state index contributed by atoms with van der Waals surface area (Å²) in [6.07, 6.45) is 0. The van der Waals surface area contributed by atoms with Crippen molar-refractivity contribution in [2.75, 3.05) is 10.2 Å². The van der Waals surface area contributed by atoms with Crippen LogP contribution in [0.2, 0.25) is 5.02 Å². The average molecular weight is 397 g/mol. The summed E-state index contributed by atoms with van der Waals surface area (Å²) in [5.74, 6) is 0. The quantitative estimate of drug-likeness (QED) is 0.366. The Morgan fingerprint density at radius 2 is 1.59 bits per heavy atom. The Labute approximate surface area is 168 Å². The minimum absolute atomic E-state index is 0.252. The predicted molar refractivity (Wildman–Crippen MR) is 113 cm³/mol. The number of carbonyl (C=O) groups is 1. The van der Waals surface area contributed by atoms with Gasteiger partial charge in [0.05, 0.1) is 22.1 Å². The van der Waals surface area contributed by atoms with Gasteiger partial charge >= 0.3 is 5.37 Å². The van der Waals surface area contributed by atoms with Crippen LogP contribution in [0.25, 0.3) is 0 Å². The van der Waals surface area contributed by atoms with Gasteiger partial charge in [-0.15, -0.1) is 0 Å². The summed E-state index contributed by atoms with van der Waals surface area (Å²) < 4.78 is 0. The summed E-state index contributed by atoms with van der Waals surface area (Å²) in [7, 11) is 0. The number of halogens is 2. The van der Waals surface area contributed by atoms with Gasteiger partial charge in [-0.3, -0.25) is 9.69 Å². The van der Waals surface area contributed by atoms with Crippen LogP contribution in [0.5, 0.6) is 0 Å². The molecule has 0 fully saturated rings. The molecule has 3 nitrogen and oxygen atoms in total. The summed E-state index contributed by atoms with van der Waals surface area (Å²) in [6, 6.07) is 21.4. The number of fused-ring (bicyclic) bond motifs is 2. The average Bonchev–Trinajstić information content (AvgIpc) is 2.63. The van der Waals surface area contributed by atoms with Crippen LogP contribution in [0.1, 0.15) is 25.0 Å². The monoisotopic (exact) mass is 396 g/mol. The first-order valence-corrected chi connectivity index (χ1v) is 9.40. The van der Waals surface area contributed by atoms with Crippen molar-refractivity contribution < 1.29 is 4.79 Å². The molecule has 1 aliphatic heterocycles. The van der Waals surface area contributed by atoms with Gasteiger partial charge in [-0.05, 0) is 53.1 Å². The van der Waals surface area contributed by atoms with Crippen LogP contribution in [-0.4, -0.2) is 5.37 Å². The summed E-state index contributed by atoms with van der Waals surface area (Å²) in [5.41, 5.74) is 5.08. The van der Waals surface area contributed by atoms with Crippen LogP contribution in [0, 0.1) is 0 Å². The van der Waals surface area contributed by atoms with Gasteiger partial charge in [-0.25, -0.2) is 0 Å². The first kappa shape index (κ1) is 17.9. The molecule has 3 aromatic carbocycles. The number of hydrogen-bond acceptors (Lipinski definition) is 2. The highest BCUT2D eigenvalue weighted by Crippen LogP contribution is 2.50. The zero-order valence-corrected chi connectivity index (χ0v) is 16.5. The van der Waals surface area contributed by atoms with E-state index in [2.05, 4.69) is 19.2 Å².